The molecule has 1 aromatic carbocycles. The molecule has 2 aliphatic heterocycles. The lowest BCUT2D eigenvalue weighted by atomic mass is 10.1. The number of pyridine rings is 2. The topological polar surface area (TPSA) is 172 Å². The van der Waals surface area contributed by atoms with E-state index in [0.29, 0.717) is 17.4 Å². The average molecular weight is 661 g/mol. The Morgan fingerprint density at radius 1 is 1.02 bits per heavy atom. The number of aromatic nitrogens is 2. The number of para-hydroxylation sites is 1. The third kappa shape index (κ3) is 8.17. The Labute approximate surface area is 278 Å². The molecule has 5 rings (SSSR count). The van der Waals surface area contributed by atoms with Crippen LogP contribution in [-0.2, 0) is 19.1 Å². The molecule has 2 aromatic heterocycles. The lowest BCUT2D eigenvalue weighted by Gasteiger charge is -2.35. The summed E-state index contributed by atoms with van der Waals surface area (Å²) in [4.78, 5) is 77.5. The highest BCUT2D eigenvalue weighted by molar-refractivity contribution is 5.99. The molecule has 3 aromatic rings. The van der Waals surface area contributed by atoms with Gasteiger partial charge in [0.25, 0.3) is 11.8 Å². The van der Waals surface area contributed by atoms with Crippen molar-refractivity contribution in [2.75, 3.05) is 45.9 Å². The summed E-state index contributed by atoms with van der Waals surface area (Å²) in [7, 11) is 0. The first kappa shape index (κ1) is 34.1. The largest absolute Gasteiger partial charge is 0.483 e. The van der Waals surface area contributed by atoms with Crippen LogP contribution in [0.2, 0.25) is 0 Å². The van der Waals surface area contributed by atoms with Crippen LogP contribution in [0, 0.1) is 6.92 Å². The average Bonchev–Trinajstić information content (AvgIpc) is 3.59. The van der Waals surface area contributed by atoms with Crippen LogP contribution in [0.15, 0.2) is 48.8 Å². The van der Waals surface area contributed by atoms with E-state index in [-0.39, 0.29) is 75.6 Å². The Balaban J connectivity index is 1.30. The van der Waals surface area contributed by atoms with E-state index in [1.54, 1.807) is 48.5 Å². The molecule has 48 heavy (non-hydrogen) atoms. The van der Waals surface area contributed by atoms with Crippen molar-refractivity contribution in [2.24, 2.45) is 0 Å². The number of ether oxygens (including phenoxy) is 2. The van der Waals surface area contributed by atoms with Crippen molar-refractivity contribution >= 4 is 40.7 Å². The van der Waals surface area contributed by atoms with E-state index in [2.05, 4.69) is 15.3 Å². The number of hydrogen-bond donors (Lipinski definition) is 2. The number of carbonyl (C=O) groups is 5. The molecule has 2 aliphatic rings. The Morgan fingerprint density at radius 2 is 1.77 bits per heavy atom. The van der Waals surface area contributed by atoms with E-state index in [9.17, 15) is 29.1 Å². The van der Waals surface area contributed by atoms with Crippen LogP contribution in [-0.4, -0.2) is 112 Å². The van der Waals surface area contributed by atoms with Crippen LogP contribution < -0.4 is 10.1 Å². The molecule has 254 valence electrons. The van der Waals surface area contributed by atoms with Crippen molar-refractivity contribution in [2.45, 2.75) is 51.6 Å². The monoisotopic (exact) mass is 660 g/mol. The van der Waals surface area contributed by atoms with Crippen molar-refractivity contribution in [1.82, 2.24) is 30.0 Å². The molecule has 2 saturated heterocycles. The summed E-state index contributed by atoms with van der Waals surface area (Å²) in [5, 5.41) is 12.6. The minimum Gasteiger partial charge on any atom is -0.483 e. The Morgan fingerprint density at radius 3 is 2.50 bits per heavy atom. The summed E-state index contributed by atoms with van der Waals surface area (Å²) < 4.78 is 11.1. The van der Waals surface area contributed by atoms with Crippen LogP contribution in [0.5, 0.6) is 5.75 Å². The molecule has 0 saturated carbocycles. The van der Waals surface area contributed by atoms with Crippen molar-refractivity contribution in [3.05, 3.63) is 65.6 Å². The number of aryl methyl sites for hydroxylation is 1. The van der Waals surface area contributed by atoms with Gasteiger partial charge < -0.3 is 34.6 Å². The third-order valence-corrected chi connectivity index (χ3v) is 8.48. The number of aliphatic carboxylic acids is 1. The Hall–Kier alpha value is -5.27. The maximum Gasteiger partial charge on any atom is 0.409 e. The van der Waals surface area contributed by atoms with Gasteiger partial charge in [0.2, 0.25) is 5.91 Å². The van der Waals surface area contributed by atoms with Gasteiger partial charge in [-0.2, -0.15) is 0 Å². The van der Waals surface area contributed by atoms with Gasteiger partial charge in [-0.05, 0) is 56.4 Å². The Kier molecular flexibility index (Phi) is 11.0. The number of fused-ring (bicyclic) bond motifs is 1. The number of nitrogens with one attached hydrogen (secondary N) is 1. The SMILES string of the molecule is CCOC(=O)N1CCN(C(=O)C(CCC(=O)O)NC(=O)c2cc(OCC(=O)N3CCCC3c3cncc(C)c3)c3ccccc3n2)CC1. The summed E-state index contributed by atoms with van der Waals surface area (Å²) in [5.74, 6) is -2.20. The van der Waals surface area contributed by atoms with E-state index >= 15 is 0 Å². The van der Waals surface area contributed by atoms with Crippen LogP contribution in [0.25, 0.3) is 10.9 Å². The number of carboxylic acids is 1. The summed E-state index contributed by atoms with van der Waals surface area (Å²) in [6, 6.07) is 9.24. The second-order valence-corrected chi connectivity index (χ2v) is 11.8. The van der Waals surface area contributed by atoms with Crippen molar-refractivity contribution in [1.29, 1.82) is 0 Å². The molecule has 0 spiro atoms. The number of carbonyl (C=O) groups excluding carboxylic acids is 4. The molecule has 0 bridgehead atoms. The number of rotatable bonds is 11. The second kappa shape index (κ2) is 15.5. The number of benzene rings is 1. The van der Waals surface area contributed by atoms with Gasteiger partial charge in [-0.25, -0.2) is 9.78 Å². The minimum absolute atomic E-state index is 0.0544. The number of carboxylic acid groups (broad SMARTS) is 1. The predicted molar refractivity (Wildman–Crippen MR) is 173 cm³/mol. The van der Waals surface area contributed by atoms with E-state index in [0.717, 1.165) is 24.0 Å². The molecule has 2 unspecified atom stereocenters. The van der Waals surface area contributed by atoms with E-state index in [4.69, 9.17) is 9.47 Å². The van der Waals surface area contributed by atoms with Crippen LogP contribution in [0.1, 0.15) is 60.3 Å². The fourth-order valence-electron chi connectivity index (χ4n) is 6.08. The van der Waals surface area contributed by atoms with Gasteiger partial charge in [0, 0.05) is 63.0 Å². The predicted octanol–water partition coefficient (Wildman–Crippen LogP) is 2.94. The normalized spacial score (nSPS) is 16.8. The van der Waals surface area contributed by atoms with Crippen molar-refractivity contribution in [3.63, 3.8) is 0 Å². The first-order valence-corrected chi connectivity index (χ1v) is 16.1. The fourth-order valence-corrected chi connectivity index (χ4v) is 6.08. The quantitative estimate of drug-likeness (QED) is 0.312. The molecule has 0 radical (unpaired) electrons. The summed E-state index contributed by atoms with van der Waals surface area (Å²) in [6.07, 6.45) is 4.27. The van der Waals surface area contributed by atoms with E-state index < -0.39 is 29.9 Å². The van der Waals surface area contributed by atoms with Gasteiger partial charge in [-0.1, -0.05) is 18.2 Å². The molecule has 14 nitrogen and oxygen atoms in total. The third-order valence-electron chi connectivity index (χ3n) is 8.48. The maximum absolute atomic E-state index is 13.6. The molecule has 4 amide bonds. The van der Waals surface area contributed by atoms with Crippen LogP contribution >= 0.6 is 0 Å². The number of likely N-dealkylation sites (tertiary alicyclic amines) is 1. The van der Waals surface area contributed by atoms with Gasteiger partial charge in [0.15, 0.2) is 6.61 Å². The standard InChI is InChI=1S/C34H40N6O8/c1-3-47-34(46)39-15-13-38(14-16-39)33(45)26(10-11-31(42)43)37-32(44)27-18-29(24-7-4-5-8-25(24)36-27)48-21-30(41)40-12-6-9-28(40)23-17-22(2)19-35-20-23/h4-5,7-8,17-20,26,28H,3,6,9-16,21H2,1-2H3,(H,37,44)(H,42,43). The van der Waals surface area contributed by atoms with Gasteiger partial charge in [-0.3, -0.25) is 24.2 Å². The van der Waals surface area contributed by atoms with Gasteiger partial charge in [0.05, 0.1) is 18.2 Å². The van der Waals surface area contributed by atoms with Gasteiger partial charge >= 0.3 is 12.1 Å². The second-order valence-electron chi connectivity index (χ2n) is 11.8. The number of amides is 4. The first-order valence-electron chi connectivity index (χ1n) is 16.1. The summed E-state index contributed by atoms with van der Waals surface area (Å²) in [5.41, 5.74) is 2.38. The number of piperazine rings is 1. The zero-order valence-electron chi connectivity index (χ0n) is 27.1. The maximum atomic E-state index is 13.6. The molecule has 2 fully saturated rings. The fraction of sp³-hybridized carbons (Fsp3) is 0.441. The Bertz CT molecular complexity index is 1670. The number of hydrogen-bond acceptors (Lipinski definition) is 9. The molecule has 14 heteroatoms. The van der Waals surface area contributed by atoms with Crippen molar-refractivity contribution in [3.8, 4) is 5.75 Å². The molecule has 4 heterocycles. The molecular weight excluding hydrogens is 620 g/mol. The molecule has 2 N–H and O–H groups in total. The van der Waals surface area contributed by atoms with E-state index in [1.165, 1.54) is 15.9 Å². The lowest BCUT2D eigenvalue weighted by molar-refractivity contribution is -0.138. The highest BCUT2D eigenvalue weighted by Gasteiger charge is 2.32. The highest BCUT2D eigenvalue weighted by atomic mass is 16.6. The molecule has 0 aliphatic carbocycles. The zero-order chi connectivity index (χ0) is 34.2. The smallest absolute Gasteiger partial charge is 0.409 e. The highest BCUT2D eigenvalue weighted by Crippen LogP contribution is 2.32. The lowest BCUT2D eigenvalue weighted by Crippen LogP contribution is -2.56. The summed E-state index contributed by atoms with van der Waals surface area (Å²) >= 11 is 0. The van der Waals surface area contributed by atoms with Gasteiger partial charge in [0.1, 0.15) is 17.5 Å². The molecule has 2 atom stereocenters. The first-order chi connectivity index (χ1) is 23.1. The number of nitrogens with zero attached hydrogens (tertiary/aromatic N) is 5. The van der Waals surface area contributed by atoms with Gasteiger partial charge in [-0.15, -0.1) is 0 Å². The van der Waals surface area contributed by atoms with Crippen LogP contribution in [0.3, 0.4) is 0 Å². The summed E-state index contributed by atoms with van der Waals surface area (Å²) in [6.45, 7) is 5.13. The van der Waals surface area contributed by atoms with Crippen molar-refractivity contribution < 1.29 is 38.6 Å². The zero-order valence-corrected chi connectivity index (χ0v) is 27.1. The minimum atomic E-state index is -1.15. The van der Waals surface area contributed by atoms with Crippen LogP contribution in [0.4, 0.5) is 4.79 Å². The van der Waals surface area contributed by atoms with E-state index in [1.807, 2.05) is 13.0 Å². The molecular formula is C34H40N6O8.